The third-order valence-corrected chi connectivity index (χ3v) is 3.27. The lowest BCUT2D eigenvalue weighted by Crippen LogP contribution is -2.28. The standard InChI is InChI=1S/C14H14N6O3.CH3NO2/c15-14-19-11-10(12(21)20-14)18-9(6-17-11)5-16-8-3-1-7(2-4-8)13(22)23;2-1(3)4/h1-4,16H,5-6H2,(H,22,23)(H4,15,17,19,20,21);2H2,(H,3,4). The van der Waals surface area contributed by atoms with E-state index in [-0.39, 0.29) is 17.2 Å². The number of aliphatic imine (C=N–C) groups is 1. The predicted octanol–water partition coefficient (Wildman–Crippen LogP) is 0.283. The SMILES string of the molecule is NC(=O)O.Nc1nc2c(c(=O)[nH]1)N=C(CNc1ccc(C(=O)O)cc1)CN2. The van der Waals surface area contributed by atoms with Crippen LogP contribution in [0.1, 0.15) is 10.4 Å². The number of nitrogens with one attached hydrogen (secondary N) is 3. The first-order valence-electron chi connectivity index (χ1n) is 7.52. The van der Waals surface area contributed by atoms with Crippen LogP contribution in [0.3, 0.4) is 0 Å². The maximum absolute atomic E-state index is 11.8. The normalized spacial score (nSPS) is 11.8. The third kappa shape index (κ3) is 5.45. The smallest absolute Gasteiger partial charge is 0.402 e. The van der Waals surface area contributed by atoms with Crippen LogP contribution in [0.15, 0.2) is 34.1 Å². The van der Waals surface area contributed by atoms with Crippen LogP contribution in [-0.2, 0) is 0 Å². The number of amides is 1. The van der Waals surface area contributed by atoms with E-state index in [0.717, 1.165) is 11.4 Å². The number of nitrogen functional groups attached to an aromatic ring is 1. The van der Waals surface area contributed by atoms with E-state index in [2.05, 4.69) is 31.3 Å². The first-order valence-corrected chi connectivity index (χ1v) is 7.52. The Morgan fingerprint density at radius 2 is 1.85 bits per heavy atom. The van der Waals surface area contributed by atoms with E-state index in [9.17, 15) is 9.59 Å². The molecule has 0 unspecified atom stereocenters. The molecule has 2 aromatic rings. The number of rotatable bonds is 4. The van der Waals surface area contributed by atoms with E-state index in [0.29, 0.717) is 18.9 Å². The molecule has 0 bridgehead atoms. The molecule has 1 aliphatic rings. The largest absolute Gasteiger partial charge is 0.478 e. The van der Waals surface area contributed by atoms with E-state index >= 15 is 0 Å². The number of aromatic nitrogens is 2. The van der Waals surface area contributed by atoms with Gasteiger partial charge in [0.2, 0.25) is 5.95 Å². The van der Waals surface area contributed by atoms with Crippen LogP contribution >= 0.6 is 0 Å². The number of hydrogen-bond acceptors (Lipinski definition) is 8. The lowest BCUT2D eigenvalue weighted by Gasteiger charge is -2.17. The molecule has 0 saturated carbocycles. The average molecular weight is 375 g/mol. The Morgan fingerprint density at radius 3 is 2.44 bits per heavy atom. The quantitative estimate of drug-likeness (QED) is 0.391. The van der Waals surface area contributed by atoms with Crippen molar-refractivity contribution >= 4 is 40.9 Å². The zero-order chi connectivity index (χ0) is 20.0. The second-order valence-corrected chi connectivity index (χ2v) is 5.25. The molecule has 0 spiro atoms. The first-order chi connectivity index (χ1) is 12.8. The van der Waals surface area contributed by atoms with Crippen molar-refractivity contribution < 1.29 is 19.8 Å². The molecule has 0 saturated heterocycles. The molecule has 0 atom stereocenters. The minimum Gasteiger partial charge on any atom is -0.478 e. The van der Waals surface area contributed by atoms with Gasteiger partial charge in [-0.1, -0.05) is 0 Å². The van der Waals surface area contributed by atoms with Gasteiger partial charge in [0.05, 0.1) is 24.4 Å². The Balaban J connectivity index is 0.000000596. The lowest BCUT2D eigenvalue weighted by molar-refractivity contribution is 0.0697. The predicted molar refractivity (Wildman–Crippen MR) is 99.0 cm³/mol. The molecule has 0 radical (unpaired) electrons. The van der Waals surface area contributed by atoms with Gasteiger partial charge in [0.15, 0.2) is 11.5 Å². The summed E-state index contributed by atoms with van der Waals surface area (Å²) in [4.78, 5) is 42.0. The molecule has 1 aromatic carbocycles. The molecule has 142 valence electrons. The van der Waals surface area contributed by atoms with Crippen LogP contribution in [0.4, 0.5) is 27.9 Å². The molecule has 1 aromatic heterocycles. The number of aromatic amines is 1. The number of benzene rings is 1. The first kappa shape index (κ1) is 19.2. The molecule has 12 nitrogen and oxygen atoms in total. The Kier molecular flexibility index (Phi) is 5.94. The molecular formula is C15H17N7O5. The summed E-state index contributed by atoms with van der Waals surface area (Å²) >= 11 is 0. The molecular weight excluding hydrogens is 358 g/mol. The monoisotopic (exact) mass is 375 g/mol. The Bertz CT molecular complexity index is 933. The highest BCUT2D eigenvalue weighted by Gasteiger charge is 2.16. The summed E-state index contributed by atoms with van der Waals surface area (Å²) < 4.78 is 0. The molecule has 1 aliphatic heterocycles. The van der Waals surface area contributed by atoms with Gasteiger partial charge >= 0.3 is 12.1 Å². The summed E-state index contributed by atoms with van der Waals surface area (Å²) in [5, 5.41) is 22.2. The third-order valence-electron chi connectivity index (χ3n) is 3.27. The zero-order valence-electron chi connectivity index (χ0n) is 13.9. The van der Waals surface area contributed by atoms with Crippen molar-refractivity contribution in [3.8, 4) is 0 Å². The number of carbonyl (C=O) groups is 2. The summed E-state index contributed by atoms with van der Waals surface area (Å²) in [6, 6.07) is 6.36. The van der Waals surface area contributed by atoms with Gasteiger partial charge in [-0.3, -0.25) is 9.78 Å². The minimum atomic E-state index is -1.33. The van der Waals surface area contributed by atoms with Crippen molar-refractivity contribution in [1.29, 1.82) is 0 Å². The summed E-state index contributed by atoms with van der Waals surface area (Å²) in [5.41, 5.74) is 11.0. The van der Waals surface area contributed by atoms with E-state index in [4.69, 9.17) is 20.7 Å². The number of primary amides is 1. The van der Waals surface area contributed by atoms with E-state index in [1.165, 1.54) is 12.1 Å². The number of aromatic carboxylic acids is 1. The average Bonchev–Trinajstić information content (AvgIpc) is 2.60. The van der Waals surface area contributed by atoms with Crippen LogP contribution < -0.4 is 27.7 Å². The van der Waals surface area contributed by atoms with Crippen molar-refractivity contribution in [3.63, 3.8) is 0 Å². The molecule has 9 N–H and O–H groups in total. The number of carboxylic acids is 1. The number of anilines is 3. The van der Waals surface area contributed by atoms with Gasteiger partial charge in [0.1, 0.15) is 0 Å². The molecule has 2 heterocycles. The Labute approximate surface area is 152 Å². The zero-order valence-corrected chi connectivity index (χ0v) is 13.9. The van der Waals surface area contributed by atoms with Gasteiger partial charge in [-0.15, -0.1) is 0 Å². The molecule has 1 amide bonds. The number of fused-ring (bicyclic) bond motifs is 1. The molecule has 0 aliphatic carbocycles. The highest BCUT2D eigenvalue weighted by Crippen LogP contribution is 2.21. The summed E-state index contributed by atoms with van der Waals surface area (Å²) in [5.74, 6) is -0.572. The Morgan fingerprint density at radius 1 is 1.22 bits per heavy atom. The van der Waals surface area contributed by atoms with E-state index in [1.807, 2.05) is 0 Å². The van der Waals surface area contributed by atoms with Crippen molar-refractivity contribution in [3.05, 3.63) is 40.2 Å². The minimum absolute atomic E-state index is 0.0385. The van der Waals surface area contributed by atoms with Gasteiger partial charge in [0.25, 0.3) is 5.56 Å². The van der Waals surface area contributed by atoms with Crippen LogP contribution in [0.5, 0.6) is 0 Å². The lowest BCUT2D eigenvalue weighted by atomic mass is 10.2. The number of nitrogens with two attached hydrogens (primary N) is 2. The van der Waals surface area contributed by atoms with Crippen LogP contribution in [0.2, 0.25) is 0 Å². The summed E-state index contributed by atoms with van der Waals surface area (Å²) in [6.45, 7) is 0.839. The summed E-state index contributed by atoms with van der Waals surface area (Å²) in [7, 11) is 0. The molecule has 0 fully saturated rings. The van der Waals surface area contributed by atoms with Crippen LogP contribution in [0, 0.1) is 0 Å². The number of hydrogen-bond donors (Lipinski definition) is 7. The van der Waals surface area contributed by atoms with E-state index in [1.54, 1.807) is 12.1 Å². The number of nitrogens with zero attached hydrogens (tertiary/aromatic N) is 2. The fourth-order valence-electron chi connectivity index (χ4n) is 2.13. The van der Waals surface area contributed by atoms with Crippen molar-refractivity contribution in [2.24, 2.45) is 10.7 Å². The highest BCUT2D eigenvalue weighted by molar-refractivity contribution is 5.97. The second-order valence-electron chi connectivity index (χ2n) is 5.25. The van der Waals surface area contributed by atoms with Crippen LogP contribution in [-0.4, -0.2) is 51.0 Å². The fourth-order valence-corrected chi connectivity index (χ4v) is 2.13. The van der Waals surface area contributed by atoms with Gasteiger partial charge in [-0.25, -0.2) is 14.6 Å². The second kappa shape index (κ2) is 8.33. The highest BCUT2D eigenvalue weighted by atomic mass is 16.4. The van der Waals surface area contributed by atoms with Crippen molar-refractivity contribution in [1.82, 2.24) is 9.97 Å². The van der Waals surface area contributed by atoms with E-state index < -0.39 is 17.6 Å². The number of carboxylic acid groups (broad SMARTS) is 2. The van der Waals surface area contributed by atoms with Crippen molar-refractivity contribution in [2.75, 3.05) is 29.5 Å². The van der Waals surface area contributed by atoms with Gasteiger partial charge in [0, 0.05) is 5.69 Å². The van der Waals surface area contributed by atoms with Gasteiger partial charge < -0.3 is 32.3 Å². The molecule has 27 heavy (non-hydrogen) atoms. The fraction of sp³-hybridized carbons (Fsp3) is 0.133. The maximum Gasteiger partial charge on any atom is 0.402 e. The topological polar surface area (TPSA) is 209 Å². The Hall–Kier alpha value is -4.09. The number of H-pyrrole nitrogens is 1. The van der Waals surface area contributed by atoms with Crippen molar-refractivity contribution in [2.45, 2.75) is 0 Å². The van der Waals surface area contributed by atoms with Gasteiger partial charge in [-0.2, -0.15) is 4.98 Å². The summed E-state index contributed by atoms with van der Waals surface area (Å²) in [6.07, 6.45) is -1.33. The van der Waals surface area contributed by atoms with Gasteiger partial charge in [-0.05, 0) is 24.3 Å². The molecule has 3 rings (SSSR count). The molecule has 12 heteroatoms. The maximum atomic E-state index is 11.8. The van der Waals surface area contributed by atoms with Crippen LogP contribution in [0.25, 0.3) is 0 Å².